The van der Waals surface area contributed by atoms with Crippen molar-refractivity contribution >= 4 is 6.03 Å². The van der Waals surface area contributed by atoms with E-state index in [1.807, 2.05) is 40.1 Å². The molecule has 0 aliphatic heterocycles. The van der Waals surface area contributed by atoms with Gasteiger partial charge in [0, 0.05) is 19.6 Å². The van der Waals surface area contributed by atoms with E-state index in [1.165, 1.54) is 5.56 Å². The third-order valence-corrected chi connectivity index (χ3v) is 3.83. The molecule has 0 bridgehead atoms. The monoisotopic (exact) mass is 307 g/mol. The maximum absolute atomic E-state index is 11.8. The van der Waals surface area contributed by atoms with Crippen LogP contribution < -0.4 is 10.6 Å². The minimum atomic E-state index is -0.898. The molecule has 1 aromatic carbocycles. The highest BCUT2D eigenvalue weighted by Gasteiger charge is 2.25. The Morgan fingerprint density at radius 1 is 1.18 bits per heavy atom. The van der Waals surface area contributed by atoms with Gasteiger partial charge in [-0.3, -0.25) is 0 Å². The lowest BCUT2D eigenvalue weighted by Gasteiger charge is -2.27. The van der Waals surface area contributed by atoms with Crippen molar-refractivity contribution in [2.24, 2.45) is 5.92 Å². The third-order valence-electron chi connectivity index (χ3n) is 3.83. The summed E-state index contributed by atoms with van der Waals surface area (Å²) in [6, 6.07) is 7.90. The number of aliphatic hydroxyl groups is 1. The topological polar surface area (TPSA) is 64.6 Å². The highest BCUT2D eigenvalue weighted by Crippen LogP contribution is 2.14. The smallest absolute Gasteiger partial charge is 0.315 e. The standard InChI is InChI=1S/C17H29N3O2/c1-13(2)17(3,22)12-19-16(21)18-10-14-6-8-15(9-7-14)11-20(4)5/h6-9,13,22H,10-12H2,1-5H3,(H2,18,19,21). The Morgan fingerprint density at radius 3 is 2.23 bits per heavy atom. The fourth-order valence-electron chi connectivity index (χ4n) is 1.84. The number of hydrogen-bond acceptors (Lipinski definition) is 3. The summed E-state index contributed by atoms with van der Waals surface area (Å²) in [6.07, 6.45) is 0. The number of urea groups is 1. The van der Waals surface area contributed by atoms with Crippen molar-refractivity contribution in [2.75, 3.05) is 20.6 Å². The highest BCUT2D eigenvalue weighted by atomic mass is 16.3. The van der Waals surface area contributed by atoms with Crippen LogP contribution in [-0.4, -0.2) is 42.3 Å². The summed E-state index contributed by atoms with van der Waals surface area (Å²) in [7, 11) is 4.07. The molecular weight excluding hydrogens is 278 g/mol. The number of amides is 2. The fourth-order valence-corrected chi connectivity index (χ4v) is 1.84. The Kier molecular flexibility index (Phi) is 6.84. The van der Waals surface area contributed by atoms with Crippen LogP contribution in [0, 0.1) is 5.92 Å². The zero-order chi connectivity index (χ0) is 16.8. The number of nitrogens with one attached hydrogen (secondary N) is 2. The van der Waals surface area contributed by atoms with Crippen molar-refractivity contribution in [1.82, 2.24) is 15.5 Å². The lowest BCUT2D eigenvalue weighted by atomic mass is 9.93. The number of hydrogen-bond donors (Lipinski definition) is 3. The van der Waals surface area contributed by atoms with E-state index >= 15 is 0 Å². The fraction of sp³-hybridized carbons (Fsp3) is 0.588. The normalized spacial score (nSPS) is 14.0. The van der Waals surface area contributed by atoms with Crippen LogP contribution in [0.4, 0.5) is 4.79 Å². The molecule has 1 unspecified atom stereocenters. The van der Waals surface area contributed by atoms with E-state index in [0.29, 0.717) is 6.54 Å². The van der Waals surface area contributed by atoms with Gasteiger partial charge < -0.3 is 20.6 Å². The van der Waals surface area contributed by atoms with Crippen molar-refractivity contribution in [3.63, 3.8) is 0 Å². The van der Waals surface area contributed by atoms with Gasteiger partial charge in [-0.25, -0.2) is 4.79 Å². The van der Waals surface area contributed by atoms with E-state index in [2.05, 4.69) is 27.7 Å². The van der Waals surface area contributed by atoms with E-state index in [4.69, 9.17) is 0 Å². The van der Waals surface area contributed by atoms with Crippen molar-refractivity contribution in [3.8, 4) is 0 Å². The van der Waals surface area contributed by atoms with E-state index in [0.717, 1.165) is 12.1 Å². The summed E-state index contributed by atoms with van der Waals surface area (Å²) in [5.41, 5.74) is 1.39. The molecule has 0 fully saturated rings. The maximum atomic E-state index is 11.8. The molecule has 3 N–H and O–H groups in total. The first-order valence-corrected chi connectivity index (χ1v) is 7.67. The van der Waals surface area contributed by atoms with E-state index in [-0.39, 0.29) is 18.5 Å². The third kappa shape index (κ3) is 6.45. The lowest BCUT2D eigenvalue weighted by molar-refractivity contribution is 0.0166. The summed E-state index contributed by atoms with van der Waals surface area (Å²) in [5, 5.41) is 15.6. The molecule has 5 nitrogen and oxygen atoms in total. The molecule has 1 rings (SSSR count). The van der Waals surface area contributed by atoms with Crippen LogP contribution in [0.2, 0.25) is 0 Å². The summed E-state index contributed by atoms with van der Waals surface area (Å²) < 4.78 is 0. The minimum absolute atomic E-state index is 0.0806. The van der Waals surface area contributed by atoms with Gasteiger partial charge in [-0.05, 0) is 38.1 Å². The first kappa shape index (κ1) is 18.5. The van der Waals surface area contributed by atoms with Gasteiger partial charge in [0.05, 0.1) is 5.60 Å². The molecule has 2 amide bonds. The summed E-state index contributed by atoms with van der Waals surface area (Å²) in [4.78, 5) is 13.9. The number of rotatable bonds is 7. The van der Waals surface area contributed by atoms with Gasteiger partial charge in [0.15, 0.2) is 0 Å². The largest absolute Gasteiger partial charge is 0.388 e. The maximum Gasteiger partial charge on any atom is 0.315 e. The summed E-state index contributed by atoms with van der Waals surface area (Å²) >= 11 is 0. The zero-order valence-electron chi connectivity index (χ0n) is 14.3. The average Bonchev–Trinajstić information content (AvgIpc) is 2.43. The molecule has 0 heterocycles. The summed E-state index contributed by atoms with van der Waals surface area (Å²) in [5.74, 6) is 0.0806. The minimum Gasteiger partial charge on any atom is -0.388 e. The predicted octanol–water partition coefficient (Wildman–Crippen LogP) is 1.95. The number of benzene rings is 1. The molecule has 0 aliphatic carbocycles. The first-order valence-electron chi connectivity index (χ1n) is 7.67. The van der Waals surface area contributed by atoms with Gasteiger partial charge in [-0.1, -0.05) is 38.1 Å². The number of carbonyl (C=O) groups is 1. The van der Waals surface area contributed by atoms with Crippen molar-refractivity contribution in [2.45, 2.75) is 39.5 Å². The van der Waals surface area contributed by atoms with Gasteiger partial charge in [0.25, 0.3) is 0 Å². The lowest BCUT2D eigenvalue weighted by Crippen LogP contribution is -2.47. The molecule has 0 radical (unpaired) electrons. The Labute approximate surface area is 133 Å². The van der Waals surface area contributed by atoms with Gasteiger partial charge in [0.2, 0.25) is 0 Å². The Balaban J connectivity index is 2.38. The van der Waals surface area contributed by atoms with Crippen LogP contribution in [0.25, 0.3) is 0 Å². The molecule has 0 saturated carbocycles. The number of nitrogens with zero attached hydrogens (tertiary/aromatic N) is 1. The van der Waals surface area contributed by atoms with Crippen LogP contribution in [0.3, 0.4) is 0 Å². The average molecular weight is 307 g/mol. The Bertz CT molecular complexity index is 467. The highest BCUT2D eigenvalue weighted by molar-refractivity contribution is 5.73. The van der Waals surface area contributed by atoms with Crippen LogP contribution >= 0.6 is 0 Å². The van der Waals surface area contributed by atoms with Gasteiger partial charge in [-0.15, -0.1) is 0 Å². The molecule has 0 spiro atoms. The molecule has 0 aliphatic rings. The van der Waals surface area contributed by atoms with Crippen molar-refractivity contribution in [3.05, 3.63) is 35.4 Å². The molecule has 124 valence electrons. The van der Waals surface area contributed by atoms with Gasteiger partial charge in [0.1, 0.15) is 0 Å². The SMILES string of the molecule is CC(C)C(C)(O)CNC(=O)NCc1ccc(CN(C)C)cc1. The van der Waals surface area contributed by atoms with Crippen LogP contribution in [-0.2, 0) is 13.1 Å². The quantitative estimate of drug-likeness (QED) is 0.721. The number of carbonyl (C=O) groups excluding carboxylic acids is 1. The second-order valence-corrected chi connectivity index (χ2v) is 6.60. The molecule has 1 aromatic rings. The molecular formula is C17H29N3O2. The van der Waals surface area contributed by atoms with Crippen molar-refractivity contribution in [1.29, 1.82) is 0 Å². The zero-order valence-corrected chi connectivity index (χ0v) is 14.3. The second-order valence-electron chi connectivity index (χ2n) is 6.60. The Hall–Kier alpha value is -1.59. The molecule has 0 saturated heterocycles. The van der Waals surface area contributed by atoms with E-state index in [1.54, 1.807) is 6.92 Å². The molecule has 22 heavy (non-hydrogen) atoms. The van der Waals surface area contributed by atoms with E-state index in [9.17, 15) is 9.90 Å². The predicted molar refractivity (Wildman–Crippen MR) is 89.5 cm³/mol. The molecule has 5 heteroatoms. The summed E-state index contributed by atoms with van der Waals surface area (Å²) in [6.45, 7) is 7.18. The van der Waals surface area contributed by atoms with Crippen LogP contribution in [0.15, 0.2) is 24.3 Å². The first-order chi connectivity index (χ1) is 10.2. The second kappa shape index (κ2) is 8.15. The molecule has 1 atom stereocenters. The van der Waals surface area contributed by atoms with Crippen molar-refractivity contribution < 1.29 is 9.90 Å². The van der Waals surface area contributed by atoms with E-state index < -0.39 is 5.60 Å². The van der Waals surface area contributed by atoms with Gasteiger partial charge >= 0.3 is 6.03 Å². The van der Waals surface area contributed by atoms with Gasteiger partial charge in [-0.2, -0.15) is 0 Å². The van der Waals surface area contributed by atoms with Crippen LogP contribution in [0.5, 0.6) is 0 Å². The Morgan fingerprint density at radius 2 is 1.73 bits per heavy atom. The van der Waals surface area contributed by atoms with Crippen LogP contribution in [0.1, 0.15) is 31.9 Å². The molecule has 0 aromatic heterocycles.